The van der Waals surface area contributed by atoms with Gasteiger partial charge in [0.2, 0.25) is 0 Å². The molecule has 2 atom stereocenters. The molecule has 0 saturated carbocycles. The summed E-state index contributed by atoms with van der Waals surface area (Å²) in [5.41, 5.74) is 0.752. The van der Waals surface area contributed by atoms with Crippen LogP contribution in [-0.2, 0) is 0 Å². The first kappa shape index (κ1) is 16.8. The Hall–Kier alpha value is -1.26. The lowest BCUT2D eigenvalue weighted by Gasteiger charge is -2.19. The van der Waals surface area contributed by atoms with Crippen LogP contribution >= 0.6 is 0 Å². The van der Waals surface area contributed by atoms with Gasteiger partial charge in [0.1, 0.15) is 11.5 Å². The first-order chi connectivity index (χ1) is 9.62. The van der Waals surface area contributed by atoms with Crippen molar-refractivity contribution in [3.05, 3.63) is 23.8 Å². The summed E-state index contributed by atoms with van der Waals surface area (Å²) in [6.07, 6.45) is 2.91. The van der Waals surface area contributed by atoms with E-state index in [4.69, 9.17) is 9.47 Å². The second kappa shape index (κ2) is 8.82. The molecule has 2 unspecified atom stereocenters. The van der Waals surface area contributed by atoms with Crippen LogP contribution in [0.4, 0.5) is 0 Å². The van der Waals surface area contributed by atoms with Gasteiger partial charge in [0.15, 0.2) is 0 Å². The van der Waals surface area contributed by atoms with Crippen molar-refractivity contribution in [3.8, 4) is 11.5 Å². The second-order valence-corrected chi connectivity index (χ2v) is 5.08. The molecule has 4 nitrogen and oxygen atoms in total. The molecule has 0 aliphatic heterocycles. The Morgan fingerprint density at radius 3 is 2.60 bits per heavy atom. The van der Waals surface area contributed by atoms with Gasteiger partial charge in [0, 0.05) is 18.2 Å². The standard InChI is InChI=1S/C16H27NO3/c1-5-6-7-12(2)17-11-15(18)14-10-13(19-3)8-9-16(14)20-4/h8-10,12,15,17-18H,5-7,11H2,1-4H3. The minimum absolute atomic E-state index is 0.404. The average Bonchev–Trinajstić information content (AvgIpc) is 2.49. The van der Waals surface area contributed by atoms with Gasteiger partial charge in [-0.2, -0.15) is 0 Å². The number of aliphatic hydroxyl groups is 1. The second-order valence-electron chi connectivity index (χ2n) is 5.08. The van der Waals surface area contributed by atoms with Crippen LogP contribution in [0, 0.1) is 0 Å². The predicted octanol–water partition coefficient (Wildman–Crippen LogP) is 2.91. The number of ether oxygens (including phenoxy) is 2. The first-order valence-corrected chi connectivity index (χ1v) is 7.25. The molecule has 2 N–H and O–H groups in total. The summed E-state index contributed by atoms with van der Waals surface area (Å²) in [7, 11) is 3.22. The highest BCUT2D eigenvalue weighted by molar-refractivity contribution is 5.41. The minimum Gasteiger partial charge on any atom is -0.497 e. The fourth-order valence-corrected chi connectivity index (χ4v) is 2.13. The van der Waals surface area contributed by atoms with Crippen LogP contribution in [0.25, 0.3) is 0 Å². The van der Waals surface area contributed by atoms with E-state index in [1.54, 1.807) is 14.2 Å². The van der Waals surface area contributed by atoms with E-state index in [0.29, 0.717) is 18.3 Å². The highest BCUT2D eigenvalue weighted by Crippen LogP contribution is 2.29. The van der Waals surface area contributed by atoms with Crippen LogP contribution in [0.2, 0.25) is 0 Å². The van der Waals surface area contributed by atoms with Gasteiger partial charge in [-0.1, -0.05) is 19.8 Å². The van der Waals surface area contributed by atoms with Gasteiger partial charge in [-0.15, -0.1) is 0 Å². The minimum atomic E-state index is -0.607. The van der Waals surface area contributed by atoms with Crippen LogP contribution in [0.15, 0.2) is 18.2 Å². The van der Waals surface area contributed by atoms with Crippen molar-refractivity contribution < 1.29 is 14.6 Å². The maximum absolute atomic E-state index is 10.3. The summed E-state index contributed by atoms with van der Waals surface area (Å²) in [6.45, 7) is 4.84. The largest absolute Gasteiger partial charge is 0.497 e. The van der Waals surface area contributed by atoms with Crippen molar-refractivity contribution in [2.45, 2.75) is 45.3 Å². The van der Waals surface area contributed by atoms with E-state index in [1.165, 1.54) is 12.8 Å². The molecule has 0 bridgehead atoms. The van der Waals surface area contributed by atoms with Gasteiger partial charge >= 0.3 is 0 Å². The molecule has 0 amide bonds. The molecule has 1 aromatic rings. The Balaban J connectivity index is 2.63. The van der Waals surface area contributed by atoms with Crippen LogP contribution in [0.3, 0.4) is 0 Å². The average molecular weight is 281 g/mol. The van der Waals surface area contributed by atoms with Gasteiger partial charge in [0.25, 0.3) is 0 Å². The summed E-state index contributed by atoms with van der Waals surface area (Å²) in [6, 6.07) is 5.87. The topological polar surface area (TPSA) is 50.7 Å². The number of rotatable bonds is 9. The number of hydrogen-bond acceptors (Lipinski definition) is 4. The quantitative estimate of drug-likeness (QED) is 0.731. The molecule has 0 fully saturated rings. The summed E-state index contributed by atoms with van der Waals surface area (Å²) < 4.78 is 10.5. The van der Waals surface area contributed by atoms with Gasteiger partial charge in [-0.25, -0.2) is 0 Å². The zero-order chi connectivity index (χ0) is 15.0. The van der Waals surface area contributed by atoms with Crippen LogP contribution in [0.5, 0.6) is 11.5 Å². The third kappa shape index (κ3) is 5.02. The number of benzene rings is 1. The van der Waals surface area contributed by atoms with Crippen LogP contribution < -0.4 is 14.8 Å². The smallest absolute Gasteiger partial charge is 0.124 e. The molecule has 1 rings (SSSR count). The maximum Gasteiger partial charge on any atom is 0.124 e. The lowest BCUT2D eigenvalue weighted by atomic mass is 10.1. The van der Waals surface area contributed by atoms with Crippen molar-refractivity contribution in [3.63, 3.8) is 0 Å². The highest BCUT2D eigenvalue weighted by Gasteiger charge is 2.15. The molecular weight excluding hydrogens is 254 g/mol. The Morgan fingerprint density at radius 2 is 2.00 bits per heavy atom. The Kier molecular flexibility index (Phi) is 7.41. The van der Waals surface area contributed by atoms with Crippen molar-refractivity contribution in [2.24, 2.45) is 0 Å². The van der Waals surface area contributed by atoms with Gasteiger partial charge in [0.05, 0.1) is 20.3 Å². The molecule has 0 radical (unpaired) electrons. The van der Waals surface area contributed by atoms with E-state index in [9.17, 15) is 5.11 Å². The first-order valence-electron chi connectivity index (χ1n) is 7.25. The number of hydrogen-bond donors (Lipinski definition) is 2. The Morgan fingerprint density at radius 1 is 1.25 bits per heavy atom. The summed E-state index contributed by atoms with van der Waals surface area (Å²) >= 11 is 0. The summed E-state index contributed by atoms with van der Waals surface area (Å²) in [5, 5.41) is 13.7. The Bertz CT molecular complexity index is 395. The van der Waals surface area contributed by atoms with E-state index in [1.807, 2.05) is 18.2 Å². The van der Waals surface area contributed by atoms with E-state index in [2.05, 4.69) is 19.2 Å². The van der Waals surface area contributed by atoms with E-state index < -0.39 is 6.10 Å². The van der Waals surface area contributed by atoms with Crippen molar-refractivity contribution >= 4 is 0 Å². The summed E-state index contributed by atoms with van der Waals surface area (Å²) in [4.78, 5) is 0. The van der Waals surface area contributed by atoms with Gasteiger partial charge in [-0.05, 0) is 31.5 Å². The monoisotopic (exact) mass is 281 g/mol. The molecule has 20 heavy (non-hydrogen) atoms. The van der Waals surface area contributed by atoms with Crippen LogP contribution in [0.1, 0.15) is 44.8 Å². The maximum atomic E-state index is 10.3. The lowest BCUT2D eigenvalue weighted by Crippen LogP contribution is -2.30. The van der Waals surface area contributed by atoms with Gasteiger partial charge in [-0.3, -0.25) is 0 Å². The molecule has 0 heterocycles. The molecule has 4 heteroatoms. The van der Waals surface area contributed by atoms with Crippen molar-refractivity contribution in [1.82, 2.24) is 5.32 Å². The molecule has 0 spiro atoms. The SMILES string of the molecule is CCCCC(C)NCC(O)c1cc(OC)ccc1OC. The lowest BCUT2D eigenvalue weighted by molar-refractivity contribution is 0.165. The number of nitrogens with one attached hydrogen (secondary N) is 1. The zero-order valence-corrected chi connectivity index (χ0v) is 13.0. The van der Waals surface area contributed by atoms with Crippen molar-refractivity contribution in [1.29, 1.82) is 0 Å². The Labute approximate surface area is 122 Å². The van der Waals surface area contributed by atoms with E-state index >= 15 is 0 Å². The zero-order valence-electron chi connectivity index (χ0n) is 13.0. The number of aliphatic hydroxyl groups excluding tert-OH is 1. The predicted molar refractivity (Wildman–Crippen MR) is 81.5 cm³/mol. The normalized spacial score (nSPS) is 13.8. The molecule has 0 aliphatic carbocycles. The number of unbranched alkanes of at least 4 members (excludes halogenated alkanes) is 1. The van der Waals surface area contributed by atoms with E-state index in [-0.39, 0.29) is 0 Å². The third-order valence-corrected chi connectivity index (χ3v) is 3.45. The molecule has 0 aliphatic rings. The molecular formula is C16H27NO3. The molecule has 0 saturated heterocycles. The molecule has 1 aromatic carbocycles. The highest BCUT2D eigenvalue weighted by atomic mass is 16.5. The van der Waals surface area contributed by atoms with Crippen LogP contribution in [-0.4, -0.2) is 31.9 Å². The van der Waals surface area contributed by atoms with Crippen molar-refractivity contribution in [2.75, 3.05) is 20.8 Å². The number of methoxy groups -OCH3 is 2. The fraction of sp³-hybridized carbons (Fsp3) is 0.625. The molecule has 0 aromatic heterocycles. The molecule has 114 valence electrons. The van der Waals surface area contributed by atoms with E-state index in [0.717, 1.165) is 17.7 Å². The summed E-state index contributed by atoms with van der Waals surface area (Å²) in [5.74, 6) is 1.40. The fourth-order valence-electron chi connectivity index (χ4n) is 2.13. The van der Waals surface area contributed by atoms with Gasteiger partial charge < -0.3 is 19.9 Å². The third-order valence-electron chi connectivity index (χ3n) is 3.45.